The summed E-state index contributed by atoms with van der Waals surface area (Å²) in [6.45, 7) is 16.2. The maximum atomic E-state index is 11.7. The van der Waals surface area contributed by atoms with Crippen LogP contribution in [0, 0.1) is 50.2 Å². The molecule has 194 valence electrons. The highest BCUT2D eigenvalue weighted by Gasteiger charge is 2.69. The fraction of sp³-hybridized carbons (Fsp3) is 0.933. The lowest BCUT2D eigenvalue weighted by atomic mass is 9.33. The van der Waals surface area contributed by atoms with E-state index in [9.17, 15) is 20.4 Å². The van der Waals surface area contributed by atoms with E-state index < -0.39 is 17.6 Å². The smallest absolute Gasteiger partial charge is 0.0622 e. The van der Waals surface area contributed by atoms with Crippen molar-refractivity contribution >= 4 is 0 Å². The Labute approximate surface area is 207 Å². The largest absolute Gasteiger partial charge is 0.396 e. The summed E-state index contributed by atoms with van der Waals surface area (Å²) in [5.74, 6) is 1.24. The monoisotopic (exact) mass is 474 g/mol. The van der Waals surface area contributed by atoms with Crippen LogP contribution in [0.2, 0.25) is 0 Å². The number of rotatable bonds is 1. The first-order chi connectivity index (χ1) is 15.6. The van der Waals surface area contributed by atoms with Crippen molar-refractivity contribution in [2.75, 3.05) is 6.61 Å². The van der Waals surface area contributed by atoms with Crippen molar-refractivity contribution in [3.05, 3.63) is 11.6 Å². The predicted molar refractivity (Wildman–Crippen MR) is 135 cm³/mol. The van der Waals surface area contributed by atoms with Gasteiger partial charge in [0.05, 0.1) is 24.9 Å². The number of fused-ring (bicyclic) bond motifs is 7. The number of hydrogen-bond donors (Lipinski definition) is 4. The van der Waals surface area contributed by atoms with Crippen LogP contribution in [0.3, 0.4) is 0 Å². The van der Waals surface area contributed by atoms with Gasteiger partial charge in [0, 0.05) is 10.8 Å². The SMILES string of the molecule is CC1(C)[C@@H](O)CC[C@]2(C)[C@H]3CC=C4[C@@H]5C[C@](C)(CO)[C@@H](O)C[C@]5(C)[C@@H](O)C[C@@]4(C)[C@]3(C)CC[C@@H]12. The molecule has 0 bridgehead atoms. The highest BCUT2D eigenvalue weighted by molar-refractivity contribution is 5.35. The van der Waals surface area contributed by atoms with E-state index in [-0.39, 0.29) is 45.7 Å². The van der Waals surface area contributed by atoms with E-state index in [0.29, 0.717) is 18.3 Å². The van der Waals surface area contributed by atoms with Crippen molar-refractivity contribution in [3.63, 3.8) is 0 Å². The van der Waals surface area contributed by atoms with Crippen LogP contribution in [0.15, 0.2) is 11.6 Å². The predicted octanol–water partition coefficient (Wildman–Crippen LogP) is 5.08. The molecule has 5 aliphatic rings. The van der Waals surface area contributed by atoms with Crippen LogP contribution in [0.25, 0.3) is 0 Å². The molecule has 0 spiro atoms. The second kappa shape index (κ2) is 7.33. The lowest BCUT2D eigenvalue weighted by molar-refractivity contribution is -0.220. The van der Waals surface area contributed by atoms with Crippen molar-refractivity contribution in [3.8, 4) is 0 Å². The van der Waals surface area contributed by atoms with Crippen LogP contribution in [-0.4, -0.2) is 45.3 Å². The Morgan fingerprint density at radius 1 is 0.765 bits per heavy atom. The highest BCUT2D eigenvalue weighted by atomic mass is 16.3. The minimum absolute atomic E-state index is 0.0160. The van der Waals surface area contributed by atoms with Crippen molar-refractivity contribution in [2.45, 2.75) is 118 Å². The zero-order valence-electron chi connectivity index (χ0n) is 22.7. The van der Waals surface area contributed by atoms with E-state index in [1.54, 1.807) is 0 Å². The number of allylic oxidation sites excluding steroid dienone is 2. The fourth-order valence-corrected chi connectivity index (χ4v) is 10.7. The molecule has 5 rings (SSSR count). The molecule has 0 aromatic rings. The van der Waals surface area contributed by atoms with Crippen molar-refractivity contribution in [1.82, 2.24) is 0 Å². The molecule has 4 heteroatoms. The summed E-state index contributed by atoms with van der Waals surface area (Å²) in [4.78, 5) is 0. The van der Waals surface area contributed by atoms with Crippen LogP contribution in [0.1, 0.15) is 99.8 Å². The maximum Gasteiger partial charge on any atom is 0.0622 e. The topological polar surface area (TPSA) is 80.9 Å². The Hall–Kier alpha value is -0.420. The molecule has 0 radical (unpaired) electrons. The minimum atomic E-state index is -0.587. The average molecular weight is 475 g/mol. The molecule has 11 atom stereocenters. The summed E-state index contributed by atoms with van der Waals surface area (Å²) in [6.07, 6.45) is 8.64. The Kier molecular flexibility index (Phi) is 5.44. The maximum absolute atomic E-state index is 11.7. The first-order valence-corrected chi connectivity index (χ1v) is 14.0. The van der Waals surface area contributed by atoms with Gasteiger partial charge in [-0.1, -0.05) is 60.1 Å². The quantitative estimate of drug-likeness (QED) is 0.399. The van der Waals surface area contributed by atoms with Crippen LogP contribution >= 0.6 is 0 Å². The molecule has 0 heterocycles. The molecular weight excluding hydrogens is 424 g/mol. The second-order valence-corrected chi connectivity index (χ2v) is 15.2. The molecular formula is C30H50O4. The third-order valence-electron chi connectivity index (χ3n) is 13.5. The van der Waals surface area contributed by atoms with Crippen LogP contribution in [0.5, 0.6) is 0 Å². The summed E-state index contributed by atoms with van der Waals surface area (Å²) < 4.78 is 0. The van der Waals surface area contributed by atoms with E-state index in [1.165, 1.54) is 5.57 Å². The van der Waals surface area contributed by atoms with Crippen LogP contribution < -0.4 is 0 Å². The fourth-order valence-electron chi connectivity index (χ4n) is 10.7. The third kappa shape index (κ3) is 2.86. The van der Waals surface area contributed by atoms with Crippen molar-refractivity contribution in [2.24, 2.45) is 50.2 Å². The molecule has 0 amide bonds. The molecule has 5 aliphatic carbocycles. The summed E-state index contributed by atoms with van der Waals surface area (Å²) in [5, 5.41) is 43.8. The normalized spacial score (nSPS) is 58.6. The second-order valence-electron chi connectivity index (χ2n) is 15.2. The van der Waals surface area contributed by atoms with Gasteiger partial charge in [-0.3, -0.25) is 0 Å². The summed E-state index contributed by atoms with van der Waals surface area (Å²) >= 11 is 0. The third-order valence-corrected chi connectivity index (χ3v) is 13.5. The van der Waals surface area contributed by atoms with E-state index in [4.69, 9.17) is 0 Å². The summed E-state index contributed by atoms with van der Waals surface area (Å²) in [7, 11) is 0. The molecule has 0 aromatic heterocycles. The Balaban J connectivity index is 1.60. The van der Waals surface area contributed by atoms with Gasteiger partial charge in [0.25, 0.3) is 0 Å². The van der Waals surface area contributed by atoms with Gasteiger partial charge in [-0.05, 0) is 90.8 Å². The van der Waals surface area contributed by atoms with Gasteiger partial charge in [-0.2, -0.15) is 0 Å². The van der Waals surface area contributed by atoms with E-state index in [0.717, 1.165) is 44.9 Å². The average Bonchev–Trinajstić information content (AvgIpc) is 2.74. The first kappa shape index (κ1) is 25.2. The van der Waals surface area contributed by atoms with Gasteiger partial charge in [0.15, 0.2) is 0 Å². The Morgan fingerprint density at radius 2 is 1.44 bits per heavy atom. The molecule has 34 heavy (non-hydrogen) atoms. The molecule has 4 fully saturated rings. The number of hydrogen-bond acceptors (Lipinski definition) is 4. The van der Waals surface area contributed by atoms with E-state index >= 15 is 0 Å². The lowest BCUT2D eigenvalue weighted by Crippen LogP contribution is -2.67. The Bertz CT molecular complexity index is 881. The van der Waals surface area contributed by atoms with Gasteiger partial charge in [-0.15, -0.1) is 0 Å². The molecule has 4 saturated carbocycles. The van der Waals surface area contributed by atoms with Crippen LogP contribution in [0.4, 0.5) is 0 Å². The number of aliphatic hydroxyl groups excluding tert-OH is 4. The first-order valence-electron chi connectivity index (χ1n) is 14.0. The zero-order valence-corrected chi connectivity index (χ0v) is 22.7. The van der Waals surface area contributed by atoms with Gasteiger partial charge in [0.1, 0.15) is 0 Å². The molecule has 0 unspecified atom stereocenters. The molecule has 4 N–H and O–H groups in total. The Morgan fingerprint density at radius 3 is 2.09 bits per heavy atom. The molecule has 0 aliphatic heterocycles. The van der Waals surface area contributed by atoms with E-state index in [2.05, 4.69) is 47.6 Å². The van der Waals surface area contributed by atoms with Gasteiger partial charge >= 0.3 is 0 Å². The van der Waals surface area contributed by atoms with Gasteiger partial charge in [0.2, 0.25) is 0 Å². The highest BCUT2D eigenvalue weighted by Crippen LogP contribution is 2.75. The van der Waals surface area contributed by atoms with Crippen molar-refractivity contribution < 1.29 is 20.4 Å². The molecule has 4 nitrogen and oxygen atoms in total. The molecule has 0 aromatic carbocycles. The van der Waals surface area contributed by atoms with Crippen LogP contribution in [-0.2, 0) is 0 Å². The van der Waals surface area contributed by atoms with Gasteiger partial charge < -0.3 is 20.4 Å². The lowest BCUT2D eigenvalue weighted by Gasteiger charge is -2.72. The summed E-state index contributed by atoms with van der Waals surface area (Å²) in [6, 6.07) is 0. The minimum Gasteiger partial charge on any atom is -0.396 e. The summed E-state index contributed by atoms with van der Waals surface area (Å²) in [5.41, 5.74) is 0.763. The van der Waals surface area contributed by atoms with Crippen molar-refractivity contribution in [1.29, 1.82) is 0 Å². The van der Waals surface area contributed by atoms with E-state index in [1.807, 2.05) is 6.92 Å². The van der Waals surface area contributed by atoms with Gasteiger partial charge in [-0.25, -0.2) is 0 Å². The zero-order chi connectivity index (χ0) is 25.1. The number of aliphatic hydroxyl groups is 4. The molecule has 0 saturated heterocycles. The standard InChI is InChI=1S/C30H50O4/c1-25(2)20-10-13-29(6)21(27(20,4)12-11-22(25)32)9-8-18-19-14-26(3,17-31)23(33)15-28(19,5)24(34)16-30(18,29)7/h8,19-24,31-34H,9-17H2,1-7H3/t19-,20-,21+,22-,23-,24-,26+,27-,28-,29+,30+/m0/s1.